The van der Waals surface area contributed by atoms with E-state index in [0.29, 0.717) is 5.41 Å². The number of likely N-dealkylation sites (tertiary alicyclic amines) is 1. The first-order valence-corrected chi connectivity index (χ1v) is 5.85. The molecule has 0 aromatic heterocycles. The summed E-state index contributed by atoms with van der Waals surface area (Å²) < 4.78 is 0. The van der Waals surface area contributed by atoms with Crippen LogP contribution >= 0.6 is 0 Å². The predicted octanol–water partition coefficient (Wildman–Crippen LogP) is 2.27. The Hall–Kier alpha value is -0.0800. The summed E-state index contributed by atoms with van der Waals surface area (Å²) in [5.74, 6) is 0. The number of β-amino-alcohol motifs (C(OH)–C–C–N with tert-alkyl or cyclic N) is 1. The van der Waals surface area contributed by atoms with Crippen LogP contribution in [0.15, 0.2) is 0 Å². The molecular formula is C12H25NO. The van der Waals surface area contributed by atoms with Gasteiger partial charge in [0.25, 0.3) is 0 Å². The minimum absolute atomic E-state index is 0.447. The third-order valence-electron chi connectivity index (χ3n) is 3.59. The van der Waals surface area contributed by atoms with Gasteiger partial charge in [0.2, 0.25) is 0 Å². The topological polar surface area (TPSA) is 23.5 Å². The molecule has 0 aliphatic carbocycles. The molecule has 0 radical (unpaired) electrons. The van der Waals surface area contributed by atoms with Crippen LogP contribution in [0, 0.1) is 5.41 Å². The van der Waals surface area contributed by atoms with Gasteiger partial charge in [-0.15, -0.1) is 0 Å². The molecule has 0 spiro atoms. The SMILES string of the molecule is CCC(O)(CC)CN1CCC(C)(C)C1. The standard InChI is InChI=1S/C12H25NO/c1-5-12(14,6-2)10-13-8-7-11(3,4)9-13/h14H,5-10H2,1-4H3. The first kappa shape index (κ1) is 12.0. The van der Waals surface area contributed by atoms with E-state index in [-0.39, 0.29) is 0 Å². The molecule has 0 aromatic rings. The molecule has 2 heteroatoms. The fraction of sp³-hybridized carbons (Fsp3) is 1.00. The van der Waals surface area contributed by atoms with Gasteiger partial charge in [-0.05, 0) is 31.2 Å². The van der Waals surface area contributed by atoms with E-state index in [1.54, 1.807) is 0 Å². The minimum Gasteiger partial charge on any atom is -0.389 e. The van der Waals surface area contributed by atoms with E-state index in [1.807, 2.05) is 0 Å². The van der Waals surface area contributed by atoms with Crippen molar-refractivity contribution >= 4 is 0 Å². The Morgan fingerprint density at radius 2 is 1.86 bits per heavy atom. The van der Waals surface area contributed by atoms with Crippen LogP contribution in [-0.4, -0.2) is 35.2 Å². The van der Waals surface area contributed by atoms with Gasteiger partial charge in [-0.25, -0.2) is 0 Å². The smallest absolute Gasteiger partial charge is 0.0768 e. The van der Waals surface area contributed by atoms with Crippen molar-refractivity contribution in [2.75, 3.05) is 19.6 Å². The first-order chi connectivity index (χ1) is 6.41. The molecule has 84 valence electrons. The molecule has 0 saturated carbocycles. The van der Waals surface area contributed by atoms with Crippen LogP contribution in [0.3, 0.4) is 0 Å². The van der Waals surface area contributed by atoms with Crippen LogP contribution in [0.25, 0.3) is 0 Å². The molecule has 0 bridgehead atoms. The van der Waals surface area contributed by atoms with Crippen molar-refractivity contribution in [2.24, 2.45) is 5.41 Å². The highest BCUT2D eigenvalue weighted by Crippen LogP contribution is 2.30. The Morgan fingerprint density at radius 3 is 2.21 bits per heavy atom. The van der Waals surface area contributed by atoms with E-state index in [0.717, 1.165) is 32.5 Å². The summed E-state index contributed by atoms with van der Waals surface area (Å²) in [6.07, 6.45) is 2.98. The van der Waals surface area contributed by atoms with Gasteiger partial charge in [0, 0.05) is 13.1 Å². The average Bonchev–Trinajstić information content (AvgIpc) is 2.45. The maximum Gasteiger partial charge on any atom is 0.0768 e. The van der Waals surface area contributed by atoms with Gasteiger partial charge in [0.05, 0.1) is 5.60 Å². The quantitative estimate of drug-likeness (QED) is 0.751. The monoisotopic (exact) mass is 199 g/mol. The molecule has 0 aromatic carbocycles. The molecule has 2 nitrogen and oxygen atoms in total. The molecule has 1 fully saturated rings. The van der Waals surface area contributed by atoms with Crippen LogP contribution in [0.1, 0.15) is 47.0 Å². The molecule has 1 heterocycles. The second-order valence-corrected chi connectivity index (χ2v) is 5.56. The molecule has 1 saturated heterocycles. The van der Waals surface area contributed by atoms with Crippen LogP contribution < -0.4 is 0 Å². The number of hydrogen-bond acceptors (Lipinski definition) is 2. The lowest BCUT2D eigenvalue weighted by molar-refractivity contribution is 0.000529. The summed E-state index contributed by atoms with van der Waals surface area (Å²) in [7, 11) is 0. The summed E-state index contributed by atoms with van der Waals surface area (Å²) in [5.41, 5.74) is -0.0111. The van der Waals surface area contributed by atoms with E-state index < -0.39 is 5.60 Å². The summed E-state index contributed by atoms with van der Waals surface area (Å²) in [5, 5.41) is 10.2. The highest BCUT2D eigenvalue weighted by atomic mass is 16.3. The Labute approximate surface area is 88.3 Å². The first-order valence-electron chi connectivity index (χ1n) is 5.85. The van der Waals surface area contributed by atoms with Crippen LogP contribution in [0.4, 0.5) is 0 Å². The Bertz CT molecular complexity index is 185. The van der Waals surface area contributed by atoms with Gasteiger partial charge >= 0.3 is 0 Å². The van der Waals surface area contributed by atoms with Gasteiger partial charge in [-0.1, -0.05) is 27.7 Å². The maximum absolute atomic E-state index is 10.2. The van der Waals surface area contributed by atoms with Crippen molar-refractivity contribution in [3.8, 4) is 0 Å². The van der Waals surface area contributed by atoms with Gasteiger partial charge < -0.3 is 5.11 Å². The van der Waals surface area contributed by atoms with Gasteiger partial charge in [0.1, 0.15) is 0 Å². The highest BCUT2D eigenvalue weighted by Gasteiger charge is 2.33. The largest absolute Gasteiger partial charge is 0.389 e. The lowest BCUT2D eigenvalue weighted by Gasteiger charge is -2.31. The zero-order valence-electron chi connectivity index (χ0n) is 10.1. The van der Waals surface area contributed by atoms with Crippen molar-refractivity contribution in [1.82, 2.24) is 4.90 Å². The second-order valence-electron chi connectivity index (χ2n) is 5.56. The van der Waals surface area contributed by atoms with Gasteiger partial charge in [-0.2, -0.15) is 0 Å². The minimum atomic E-state index is -0.458. The molecule has 0 atom stereocenters. The average molecular weight is 199 g/mol. The third-order valence-corrected chi connectivity index (χ3v) is 3.59. The van der Waals surface area contributed by atoms with E-state index in [4.69, 9.17) is 0 Å². The van der Waals surface area contributed by atoms with Crippen molar-refractivity contribution in [3.63, 3.8) is 0 Å². The van der Waals surface area contributed by atoms with E-state index in [1.165, 1.54) is 6.42 Å². The fourth-order valence-electron chi connectivity index (χ4n) is 2.25. The Kier molecular flexibility index (Phi) is 3.59. The lowest BCUT2D eigenvalue weighted by Crippen LogP contribution is -2.41. The molecule has 14 heavy (non-hydrogen) atoms. The van der Waals surface area contributed by atoms with Crippen molar-refractivity contribution in [1.29, 1.82) is 0 Å². The summed E-state index contributed by atoms with van der Waals surface area (Å²) in [6.45, 7) is 11.9. The summed E-state index contributed by atoms with van der Waals surface area (Å²) in [6, 6.07) is 0. The van der Waals surface area contributed by atoms with Crippen LogP contribution in [-0.2, 0) is 0 Å². The van der Waals surface area contributed by atoms with Crippen LogP contribution in [0.2, 0.25) is 0 Å². The molecule has 0 unspecified atom stereocenters. The van der Waals surface area contributed by atoms with E-state index in [9.17, 15) is 5.11 Å². The zero-order chi connectivity index (χ0) is 10.8. The predicted molar refractivity (Wildman–Crippen MR) is 60.4 cm³/mol. The van der Waals surface area contributed by atoms with Crippen molar-refractivity contribution in [3.05, 3.63) is 0 Å². The Balaban J connectivity index is 2.46. The van der Waals surface area contributed by atoms with Crippen LogP contribution in [0.5, 0.6) is 0 Å². The highest BCUT2D eigenvalue weighted by molar-refractivity contribution is 4.87. The number of aliphatic hydroxyl groups is 1. The molecular weight excluding hydrogens is 174 g/mol. The molecule has 0 amide bonds. The van der Waals surface area contributed by atoms with E-state index in [2.05, 4.69) is 32.6 Å². The fourth-order valence-corrected chi connectivity index (χ4v) is 2.25. The third kappa shape index (κ3) is 2.96. The molecule has 1 N–H and O–H groups in total. The maximum atomic E-state index is 10.2. The molecule has 1 aliphatic heterocycles. The van der Waals surface area contributed by atoms with E-state index >= 15 is 0 Å². The lowest BCUT2D eigenvalue weighted by atomic mass is 9.93. The van der Waals surface area contributed by atoms with Gasteiger partial charge in [-0.3, -0.25) is 4.90 Å². The van der Waals surface area contributed by atoms with Crippen molar-refractivity contribution < 1.29 is 5.11 Å². The Morgan fingerprint density at radius 1 is 1.29 bits per heavy atom. The number of nitrogens with zero attached hydrogens (tertiary/aromatic N) is 1. The summed E-state index contributed by atoms with van der Waals surface area (Å²) in [4.78, 5) is 2.41. The normalized spacial score (nSPS) is 22.9. The summed E-state index contributed by atoms with van der Waals surface area (Å²) >= 11 is 0. The van der Waals surface area contributed by atoms with Gasteiger partial charge in [0.15, 0.2) is 0 Å². The molecule has 1 aliphatic rings. The molecule has 1 rings (SSSR count). The second kappa shape index (κ2) is 4.19. The zero-order valence-corrected chi connectivity index (χ0v) is 10.1. The van der Waals surface area contributed by atoms with Crippen molar-refractivity contribution in [2.45, 2.75) is 52.6 Å². The number of rotatable bonds is 4. The number of hydrogen-bond donors (Lipinski definition) is 1.